The molecule has 6 heteroatoms. The molecule has 0 aliphatic rings. The molecule has 0 saturated heterocycles. The van der Waals surface area contributed by atoms with Crippen LogP contribution in [-0.2, 0) is 6.42 Å². The number of hydrogen-bond donors (Lipinski definition) is 2. The number of ether oxygens (including phenoxy) is 1. The van der Waals surface area contributed by atoms with E-state index < -0.39 is 0 Å². The molecule has 2 rings (SSSR count). The molecule has 0 saturated carbocycles. The summed E-state index contributed by atoms with van der Waals surface area (Å²) in [6.45, 7) is 3.89. The lowest BCUT2D eigenvalue weighted by molar-refractivity contribution is 0.456. The maximum atomic E-state index is 5.91. The number of rotatable bonds is 4. The third-order valence-electron chi connectivity index (χ3n) is 2.56. The first-order chi connectivity index (χ1) is 9.12. The van der Waals surface area contributed by atoms with Crippen LogP contribution >= 0.6 is 11.6 Å². The summed E-state index contributed by atoms with van der Waals surface area (Å²) in [6, 6.07) is 7.06. The Morgan fingerprint density at radius 2 is 2.11 bits per heavy atom. The first-order valence-corrected chi connectivity index (χ1v) is 6.28. The summed E-state index contributed by atoms with van der Waals surface area (Å²) in [7, 11) is 0. The Labute approximate surface area is 116 Å². The molecule has 0 unspecified atom stereocenters. The molecular formula is C13H15ClN4O. The van der Waals surface area contributed by atoms with Gasteiger partial charge in [0, 0.05) is 17.5 Å². The number of nitrogen functional groups attached to an aromatic ring is 1. The van der Waals surface area contributed by atoms with Crippen molar-refractivity contribution in [3.63, 3.8) is 0 Å². The Morgan fingerprint density at radius 1 is 1.32 bits per heavy atom. The van der Waals surface area contributed by atoms with Gasteiger partial charge in [-0.3, -0.25) is 0 Å². The minimum Gasteiger partial charge on any atom is -0.439 e. The first-order valence-electron chi connectivity index (χ1n) is 5.91. The highest BCUT2D eigenvalue weighted by molar-refractivity contribution is 6.30. The molecule has 5 nitrogen and oxygen atoms in total. The number of hydrogen-bond acceptors (Lipinski definition) is 5. The van der Waals surface area contributed by atoms with Crippen LogP contribution in [0, 0.1) is 6.92 Å². The fourth-order valence-corrected chi connectivity index (χ4v) is 1.82. The predicted molar refractivity (Wildman–Crippen MR) is 75.5 cm³/mol. The van der Waals surface area contributed by atoms with Gasteiger partial charge < -0.3 is 10.2 Å². The van der Waals surface area contributed by atoms with Crippen LogP contribution in [0.1, 0.15) is 18.3 Å². The Kier molecular flexibility index (Phi) is 4.19. The minimum atomic E-state index is 0.449. The van der Waals surface area contributed by atoms with Crippen molar-refractivity contribution in [2.45, 2.75) is 20.3 Å². The van der Waals surface area contributed by atoms with E-state index in [9.17, 15) is 0 Å². The van der Waals surface area contributed by atoms with E-state index in [1.807, 2.05) is 19.9 Å². The molecule has 100 valence electrons. The molecule has 0 fully saturated rings. The molecule has 3 N–H and O–H groups in total. The topological polar surface area (TPSA) is 73.1 Å². The van der Waals surface area contributed by atoms with Crippen LogP contribution in [-0.4, -0.2) is 9.97 Å². The van der Waals surface area contributed by atoms with Crippen molar-refractivity contribution < 1.29 is 4.74 Å². The Morgan fingerprint density at radius 3 is 2.74 bits per heavy atom. The van der Waals surface area contributed by atoms with Crippen LogP contribution in [0.25, 0.3) is 0 Å². The predicted octanol–water partition coefficient (Wildman–Crippen LogP) is 3.08. The van der Waals surface area contributed by atoms with Crippen LogP contribution < -0.4 is 16.0 Å². The molecule has 0 aliphatic heterocycles. The van der Waals surface area contributed by atoms with E-state index in [2.05, 4.69) is 15.4 Å². The van der Waals surface area contributed by atoms with E-state index in [1.54, 1.807) is 18.2 Å². The summed E-state index contributed by atoms with van der Waals surface area (Å²) in [5, 5.41) is 0.672. The van der Waals surface area contributed by atoms with Crippen molar-refractivity contribution in [1.82, 2.24) is 9.97 Å². The molecule has 0 aliphatic carbocycles. The lowest BCUT2D eigenvalue weighted by atomic mass is 10.2. The van der Waals surface area contributed by atoms with Crippen LogP contribution in [0.2, 0.25) is 5.02 Å². The number of anilines is 1. The number of aromatic nitrogens is 2. The van der Waals surface area contributed by atoms with Crippen molar-refractivity contribution in [3.05, 3.63) is 40.7 Å². The number of aryl methyl sites for hydroxylation is 2. The molecule has 0 amide bonds. The molecule has 2 aromatic rings. The molecule has 19 heavy (non-hydrogen) atoms. The number of nitrogens with two attached hydrogens (primary N) is 1. The zero-order valence-corrected chi connectivity index (χ0v) is 11.5. The molecule has 0 radical (unpaired) electrons. The maximum absolute atomic E-state index is 5.91. The molecule has 1 aromatic carbocycles. The van der Waals surface area contributed by atoms with Gasteiger partial charge in [-0.15, -0.1) is 0 Å². The number of nitrogens with zero attached hydrogens (tertiary/aromatic N) is 2. The van der Waals surface area contributed by atoms with Gasteiger partial charge in [0.05, 0.1) is 0 Å². The largest absolute Gasteiger partial charge is 0.439 e. The van der Waals surface area contributed by atoms with Gasteiger partial charge in [-0.2, -0.15) is 4.98 Å². The second kappa shape index (κ2) is 5.86. The van der Waals surface area contributed by atoms with Gasteiger partial charge in [-0.05, 0) is 30.7 Å². The molecule has 0 bridgehead atoms. The van der Waals surface area contributed by atoms with Crippen molar-refractivity contribution in [2.75, 3.05) is 5.43 Å². The maximum Gasteiger partial charge on any atom is 0.224 e. The number of benzene rings is 1. The highest BCUT2D eigenvalue weighted by atomic mass is 35.5. The first kappa shape index (κ1) is 13.6. The minimum absolute atomic E-state index is 0.449. The van der Waals surface area contributed by atoms with Gasteiger partial charge in [0.2, 0.25) is 5.88 Å². The highest BCUT2D eigenvalue weighted by Crippen LogP contribution is 2.27. The van der Waals surface area contributed by atoms with E-state index in [4.69, 9.17) is 22.2 Å². The summed E-state index contributed by atoms with van der Waals surface area (Å²) in [5.41, 5.74) is 3.44. The number of halogens is 1. The van der Waals surface area contributed by atoms with Gasteiger partial charge >= 0.3 is 0 Å². The molecule has 1 heterocycles. The molecule has 0 atom stereocenters. The van der Waals surface area contributed by atoms with Crippen molar-refractivity contribution in [2.24, 2.45) is 5.84 Å². The van der Waals surface area contributed by atoms with E-state index in [1.165, 1.54) is 0 Å². The normalized spacial score (nSPS) is 10.3. The van der Waals surface area contributed by atoms with E-state index in [-0.39, 0.29) is 0 Å². The lowest BCUT2D eigenvalue weighted by Crippen LogP contribution is -2.10. The second-order valence-corrected chi connectivity index (χ2v) is 4.45. The van der Waals surface area contributed by atoms with Crippen LogP contribution in [0.4, 0.5) is 5.82 Å². The summed E-state index contributed by atoms with van der Waals surface area (Å²) in [5.74, 6) is 7.71. The van der Waals surface area contributed by atoms with Crippen molar-refractivity contribution >= 4 is 17.4 Å². The number of nitrogens with one attached hydrogen (secondary N) is 1. The molecular weight excluding hydrogens is 264 g/mol. The quantitative estimate of drug-likeness (QED) is 0.664. The van der Waals surface area contributed by atoms with Gasteiger partial charge in [-0.25, -0.2) is 10.8 Å². The van der Waals surface area contributed by atoms with Gasteiger partial charge in [0.25, 0.3) is 0 Å². The Bertz CT molecular complexity index is 567. The zero-order chi connectivity index (χ0) is 13.8. The standard InChI is InChI=1S/C13H15ClN4O/c1-3-11-16-12(18-15)7-13(17-11)19-10-5-4-9(14)6-8(10)2/h4-7H,3,15H2,1-2H3,(H,16,17,18). The fourth-order valence-electron chi connectivity index (χ4n) is 1.60. The molecule has 0 spiro atoms. The van der Waals surface area contributed by atoms with E-state index in [0.717, 1.165) is 5.56 Å². The average molecular weight is 279 g/mol. The van der Waals surface area contributed by atoms with Gasteiger partial charge in [0.1, 0.15) is 17.4 Å². The fraction of sp³-hybridized carbons (Fsp3) is 0.231. The lowest BCUT2D eigenvalue weighted by Gasteiger charge is -2.10. The average Bonchev–Trinajstić information content (AvgIpc) is 2.41. The van der Waals surface area contributed by atoms with Crippen LogP contribution in [0.3, 0.4) is 0 Å². The molecule has 1 aromatic heterocycles. The zero-order valence-electron chi connectivity index (χ0n) is 10.8. The summed E-state index contributed by atoms with van der Waals surface area (Å²) in [6.07, 6.45) is 0.700. The van der Waals surface area contributed by atoms with E-state index in [0.29, 0.717) is 34.7 Å². The Balaban J connectivity index is 2.31. The third kappa shape index (κ3) is 3.33. The summed E-state index contributed by atoms with van der Waals surface area (Å²) in [4.78, 5) is 8.50. The number of hydrazine groups is 1. The second-order valence-electron chi connectivity index (χ2n) is 4.02. The highest BCUT2D eigenvalue weighted by Gasteiger charge is 2.07. The third-order valence-corrected chi connectivity index (χ3v) is 2.80. The smallest absolute Gasteiger partial charge is 0.224 e. The van der Waals surface area contributed by atoms with Gasteiger partial charge in [-0.1, -0.05) is 18.5 Å². The van der Waals surface area contributed by atoms with Crippen molar-refractivity contribution in [1.29, 1.82) is 0 Å². The monoisotopic (exact) mass is 278 g/mol. The summed E-state index contributed by atoms with van der Waals surface area (Å²) < 4.78 is 5.74. The van der Waals surface area contributed by atoms with Crippen LogP contribution in [0.15, 0.2) is 24.3 Å². The van der Waals surface area contributed by atoms with Crippen molar-refractivity contribution in [3.8, 4) is 11.6 Å². The summed E-state index contributed by atoms with van der Waals surface area (Å²) >= 11 is 5.91. The van der Waals surface area contributed by atoms with Gasteiger partial charge in [0.15, 0.2) is 0 Å². The Hall–Kier alpha value is -1.85. The van der Waals surface area contributed by atoms with Crippen LogP contribution in [0.5, 0.6) is 11.6 Å². The SMILES string of the molecule is CCc1nc(NN)cc(Oc2ccc(Cl)cc2C)n1. The van der Waals surface area contributed by atoms with E-state index >= 15 is 0 Å².